The molecule has 6 nitrogen and oxygen atoms in total. The number of aliphatic hydroxyl groups is 1. The third-order valence-electron chi connectivity index (χ3n) is 3.94. The molecule has 2 aliphatic heterocycles. The Balaban J connectivity index is 2.14. The van der Waals surface area contributed by atoms with Gasteiger partial charge in [-0.3, -0.25) is 4.79 Å². The van der Waals surface area contributed by atoms with E-state index in [-0.39, 0.29) is 18.9 Å². The summed E-state index contributed by atoms with van der Waals surface area (Å²) < 4.78 is 0. The molecule has 0 aromatic rings. The number of aliphatic hydroxyl groups excluding tert-OH is 1. The van der Waals surface area contributed by atoms with Crippen LogP contribution in [0.3, 0.4) is 0 Å². The van der Waals surface area contributed by atoms with Gasteiger partial charge >= 0.3 is 5.97 Å². The predicted molar refractivity (Wildman–Crippen MR) is 64.0 cm³/mol. The summed E-state index contributed by atoms with van der Waals surface area (Å²) in [6.07, 6.45) is 1.08. The second-order valence-electron chi connectivity index (χ2n) is 5.54. The Morgan fingerprint density at radius 2 is 2.17 bits per heavy atom. The van der Waals surface area contributed by atoms with Crippen molar-refractivity contribution >= 4 is 11.9 Å². The summed E-state index contributed by atoms with van der Waals surface area (Å²) in [4.78, 5) is 25.0. The minimum Gasteiger partial charge on any atom is -0.480 e. The second-order valence-corrected chi connectivity index (χ2v) is 5.54. The molecular weight excluding hydrogens is 236 g/mol. The van der Waals surface area contributed by atoms with Crippen LogP contribution in [0.4, 0.5) is 0 Å². The molecule has 102 valence electrons. The number of rotatable bonds is 2. The maximum absolute atomic E-state index is 12.5. The number of carbonyl (C=O) groups is 2. The molecule has 3 N–H and O–H groups in total. The fraction of sp³-hybridized carbons (Fsp3) is 0.833. The summed E-state index contributed by atoms with van der Waals surface area (Å²) >= 11 is 0. The fourth-order valence-corrected chi connectivity index (χ4v) is 2.86. The molecule has 2 fully saturated rings. The molecule has 0 radical (unpaired) electrons. The zero-order chi connectivity index (χ0) is 13.3. The van der Waals surface area contributed by atoms with Crippen LogP contribution < -0.4 is 5.32 Å². The smallest absolute Gasteiger partial charge is 0.326 e. The van der Waals surface area contributed by atoms with Crippen molar-refractivity contribution in [2.24, 2.45) is 5.41 Å². The molecule has 0 saturated carbocycles. The summed E-state index contributed by atoms with van der Waals surface area (Å²) in [6.45, 7) is 3.47. The fourth-order valence-electron chi connectivity index (χ4n) is 2.86. The first kappa shape index (κ1) is 13.3. The van der Waals surface area contributed by atoms with E-state index in [0.717, 1.165) is 19.4 Å². The number of carboxylic acids is 1. The molecule has 6 heteroatoms. The molecule has 0 bridgehead atoms. The minimum absolute atomic E-state index is 0.130. The van der Waals surface area contributed by atoms with E-state index in [1.807, 2.05) is 6.92 Å². The summed E-state index contributed by atoms with van der Waals surface area (Å²) in [5.41, 5.74) is -0.546. The molecule has 0 spiro atoms. The van der Waals surface area contributed by atoms with Crippen molar-refractivity contribution in [3.8, 4) is 0 Å². The van der Waals surface area contributed by atoms with Crippen molar-refractivity contribution in [1.29, 1.82) is 0 Å². The first-order chi connectivity index (χ1) is 8.44. The number of amides is 1. The molecule has 18 heavy (non-hydrogen) atoms. The molecule has 0 aromatic carbocycles. The van der Waals surface area contributed by atoms with Crippen LogP contribution in [0.15, 0.2) is 0 Å². The van der Waals surface area contributed by atoms with Crippen LogP contribution in [-0.2, 0) is 9.59 Å². The lowest BCUT2D eigenvalue weighted by atomic mass is 9.81. The monoisotopic (exact) mass is 256 g/mol. The van der Waals surface area contributed by atoms with E-state index in [4.69, 9.17) is 5.11 Å². The van der Waals surface area contributed by atoms with Gasteiger partial charge < -0.3 is 20.4 Å². The highest BCUT2D eigenvalue weighted by atomic mass is 16.4. The lowest BCUT2D eigenvalue weighted by molar-refractivity contribution is -0.153. The molecule has 2 aliphatic rings. The Hall–Kier alpha value is -1.14. The van der Waals surface area contributed by atoms with Crippen LogP contribution in [0.25, 0.3) is 0 Å². The molecule has 0 aromatic heterocycles. The molecule has 1 unspecified atom stereocenters. The number of hydrogen-bond donors (Lipinski definition) is 3. The van der Waals surface area contributed by atoms with E-state index in [1.165, 1.54) is 4.90 Å². The average molecular weight is 256 g/mol. The molecule has 0 aliphatic carbocycles. The topological polar surface area (TPSA) is 89.9 Å². The van der Waals surface area contributed by atoms with E-state index >= 15 is 0 Å². The maximum atomic E-state index is 12.5. The third kappa shape index (κ3) is 2.35. The van der Waals surface area contributed by atoms with Crippen molar-refractivity contribution in [3.05, 3.63) is 0 Å². The van der Waals surface area contributed by atoms with Crippen LogP contribution in [0.2, 0.25) is 0 Å². The highest BCUT2D eigenvalue weighted by molar-refractivity contribution is 5.88. The lowest BCUT2D eigenvalue weighted by Gasteiger charge is -2.37. The summed E-state index contributed by atoms with van der Waals surface area (Å²) in [5.74, 6) is -1.19. The van der Waals surface area contributed by atoms with Gasteiger partial charge in [0.2, 0.25) is 5.91 Å². The number of aliphatic carboxylic acids is 1. The van der Waals surface area contributed by atoms with Crippen molar-refractivity contribution in [3.63, 3.8) is 0 Å². The van der Waals surface area contributed by atoms with Gasteiger partial charge in [0, 0.05) is 19.5 Å². The van der Waals surface area contributed by atoms with E-state index in [1.54, 1.807) is 0 Å². The predicted octanol–water partition coefficient (Wildman–Crippen LogP) is -0.577. The number of likely N-dealkylation sites (tertiary alicyclic amines) is 1. The van der Waals surface area contributed by atoms with Gasteiger partial charge in [0.25, 0.3) is 0 Å². The molecule has 2 heterocycles. The number of nitrogens with one attached hydrogen (secondary N) is 1. The molecule has 2 saturated heterocycles. The van der Waals surface area contributed by atoms with Crippen LogP contribution in [0.5, 0.6) is 0 Å². The normalized spacial score (nSPS) is 36.7. The summed E-state index contributed by atoms with van der Waals surface area (Å²) in [6, 6.07) is -0.883. The highest BCUT2D eigenvalue weighted by Gasteiger charge is 2.45. The zero-order valence-electron chi connectivity index (χ0n) is 10.6. The van der Waals surface area contributed by atoms with Crippen molar-refractivity contribution in [2.75, 3.05) is 19.6 Å². The van der Waals surface area contributed by atoms with E-state index in [0.29, 0.717) is 6.54 Å². The standard InChI is InChI=1S/C12H20N2O4/c1-12(3-2-4-13-7-12)11(18)14-6-8(15)5-9(14)10(16)17/h8-9,13,15H,2-7H2,1H3,(H,16,17)/t8-,9-,12?/m1/s1. The summed E-state index contributed by atoms with van der Waals surface area (Å²) in [5, 5.41) is 21.9. The van der Waals surface area contributed by atoms with Gasteiger partial charge in [-0.05, 0) is 26.3 Å². The van der Waals surface area contributed by atoms with Gasteiger partial charge in [-0.1, -0.05) is 0 Å². The number of β-amino-alcohol motifs (C(OH)–C–C–N with tert-alkyl or cyclic N) is 1. The van der Waals surface area contributed by atoms with Gasteiger partial charge in [-0.25, -0.2) is 4.79 Å². The molecular formula is C12H20N2O4. The van der Waals surface area contributed by atoms with E-state index in [2.05, 4.69) is 5.32 Å². The Kier molecular flexibility index (Phi) is 3.59. The third-order valence-corrected chi connectivity index (χ3v) is 3.94. The number of carboxylic acid groups (broad SMARTS) is 1. The minimum atomic E-state index is -1.03. The lowest BCUT2D eigenvalue weighted by Crippen LogP contribution is -2.53. The van der Waals surface area contributed by atoms with Crippen molar-refractivity contribution in [1.82, 2.24) is 10.2 Å². The van der Waals surface area contributed by atoms with Gasteiger partial charge in [-0.2, -0.15) is 0 Å². The molecule has 2 rings (SSSR count). The highest BCUT2D eigenvalue weighted by Crippen LogP contribution is 2.31. The maximum Gasteiger partial charge on any atom is 0.326 e. The number of piperidine rings is 1. The zero-order valence-corrected chi connectivity index (χ0v) is 10.6. The van der Waals surface area contributed by atoms with Gasteiger partial charge in [0.05, 0.1) is 11.5 Å². The number of hydrogen-bond acceptors (Lipinski definition) is 4. The molecule has 1 amide bonds. The van der Waals surface area contributed by atoms with Crippen LogP contribution >= 0.6 is 0 Å². The Morgan fingerprint density at radius 3 is 2.72 bits per heavy atom. The Bertz CT molecular complexity index is 352. The first-order valence-electron chi connectivity index (χ1n) is 6.37. The SMILES string of the molecule is CC1(C(=O)N2C[C@H](O)C[C@@H]2C(=O)O)CCCNC1. The Labute approximate surface area is 106 Å². The van der Waals surface area contributed by atoms with Crippen LogP contribution in [0.1, 0.15) is 26.2 Å². The second kappa shape index (κ2) is 4.85. The van der Waals surface area contributed by atoms with Gasteiger partial charge in [0.1, 0.15) is 6.04 Å². The average Bonchev–Trinajstić information content (AvgIpc) is 2.71. The number of nitrogens with zero attached hydrogens (tertiary/aromatic N) is 1. The largest absolute Gasteiger partial charge is 0.480 e. The van der Waals surface area contributed by atoms with Gasteiger partial charge in [0.15, 0.2) is 0 Å². The van der Waals surface area contributed by atoms with E-state index < -0.39 is 23.5 Å². The molecule has 3 atom stereocenters. The van der Waals surface area contributed by atoms with Gasteiger partial charge in [-0.15, -0.1) is 0 Å². The van der Waals surface area contributed by atoms with Crippen LogP contribution in [-0.4, -0.2) is 58.8 Å². The van der Waals surface area contributed by atoms with Crippen LogP contribution in [0, 0.1) is 5.41 Å². The first-order valence-corrected chi connectivity index (χ1v) is 6.37. The van der Waals surface area contributed by atoms with Crippen molar-refractivity contribution < 1.29 is 19.8 Å². The summed E-state index contributed by atoms with van der Waals surface area (Å²) in [7, 11) is 0. The quantitative estimate of drug-likeness (QED) is 0.615. The number of carbonyl (C=O) groups excluding carboxylic acids is 1. The van der Waals surface area contributed by atoms with E-state index in [9.17, 15) is 14.7 Å². The Morgan fingerprint density at radius 1 is 1.44 bits per heavy atom. The van der Waals surface area contributed by atoms with Crippen molar-refractivity contribution in [2.45, 2.75) is 38.3 Å².